The summed E-state index contributed by atoms with van der Waals surface area (Å²) >= 11 is 11.3. The highest BCUT2D eigenvalue weighted by Gasteiger charge is 2.25. The van der Waals surface area contributed by atoms with Gasteiger partial charge in [-0.15, -0.1) is 0 Å². The molecule has 0 radical (unpaired) electrons. The van der Waals surface area contributed by atoms with Crippen molar-refractivity contribution < 1.29 is 0 Å². The molecule has 1 heterocycles. The van der Waals surface area contributed by atoms with Gasteiger partial charge in [-0.1, -0.05) is 23.8 Å². The quantitative estimate of drug-likeness (QED) is 0.862. The Bertz CT molecular complexity index is 462. The van der Waals surface area contributed by atoms with Crippen molar-refractivity contribution in [2.75, 3.05) is 32.1 Å². The first kappa shape index (κ1) is 13.6. The standard InChI is InChI=1S/C13H18ClN3S/c1-16(2)10-5-6-17(8-10)12-4-3-9(13(15)18)7-11(12)14/h3-4,7,10H,5-6,8H2,1-2H3,(H2,15,18). The Kier molecular flexibility index (Phi) is 4.10. The number of anilines is 1. The molecule has 1 aliphatic heterocycles. The van der Waals surface area contributed by atoms with Crippen LogP contribution in [0.5, 0.6) is 0 Å². The number of nitrogens with zero attached hydrogens (tertiary/aromatic N) is 2. The third-order valence-corrected chi connectivity index (χ3v) is 4.00. The van der Waals surface area contributed by atoms with Crippen molar-refractivity contribution in [1.82, 2.24) is 4.90 Å². The molecular weight excluding hydrogens is 266 g/mol. The van der Waals surface area contributed by atoms with Crippen LogP contribution in [0.2, 0.25) is 5.02 Å². The van der Waals surface area contributed by atoms with Gasteiger partial charge in [0, 0.05) is 24.7 Å². The Morgan fingerprint density at radius 1 is 1.50 bits per heavy atom. The van der Waals surface area contributed by atoms with Crippen molar-refractivity contribution >= 4 is 34.5 Å². The van der Waals surface area contributed by atoms with Crippen molar-refractivity contribution in [1.29, 1.82) is 0 Å². The first-order chi connectivity index (χ1) is 8.49. The van der Waals surface area contributed by atoms with Crippen molar-refractivity contribution in [2.24, 2.45) is 5.73 Å². The molecular formula is C13H18ClN3S. The van der Waals surface area contributed by atoms with Gasteiger partial charge in [0.2, 0.25) is 0 Å². The maximum absolute atomic E-state index is 6.31. The summed E-state index contributed by atoms with van der Waals surface area (Å²) in [6.07, 6.45) is 1.17. The van der Waals surface area contributed by atoms with Gasteiger partial charge in [-0.05, 0) is 38.7 Å². The zero-order valence-corrected chi connectivity index (χ0v) is 12.3. The molecule has 1 saturated heterocycles. The first-order valence-electron chi connectivity index (χ1n) is 6.00. The van der Waals surface area contributed by atoms with Gasteiger partial charge in [-0.25, -0.2) is 0 Å². The third kappa shape index (κ3) is 2.76. The Labute approximate surface area is 119 Å². The van der Waals surface area contributed by atoms with Crippen molar-refractivity contribution in [3.63, 3.8) is 0 Å². The minimum absolute atomic E-state index is 0.385. The van der Waals surface area contributed by atoms with E-state index in [2.05, 4.69) is 23.9 Å². The maximum Gasteiger partial charge on any atom is 0.104 e. The summed E-state index contributed by atoms with van der Waals surface area (Å²) in [5, 5.41) is 0.722. The number of likely N-dealkylation sites (N-methyl/N-ethyl adjacent to an activating group) is 1. The summed E-state index contributed by atoms with van der Waals surface area (Å²) in [7, 11) is 4.23. The Morgan fingerprint density at radius 3 is 2.72 bits per heavy atom. The van der Waals surface area contributed by atoms with Crippen LogP contribution in [0.1, 0.15) is 12.0 Å². The number of halogens is 1. The summed E-state index contributed by atoms with van der Waals surface area (Å²) in [6.45, 7) is 2.05. The lowest BCUT2D eigenvalue weighted by molar-refractivity contribution is 0.315. The van der Waals surface area contributed by atoms with Crippen LogP contribution in [0.3, 0.4) is 0 Å². The van der Waals surface area contributed by atoms with Gasteiger partial charge in [-0.2, -0.15) is 0 Å². The largest absolute Gasteiger partial charge is 0.389 e. The van der Waals surface area contributed by atoms with E-state index in [1.54, 1.807) is 0 Å². The molecule has 0 amide bonds. The van der Waals surface area contributed by atoms with E-state index in [4.69, 9.17) is 29.6 Å². The van der Waals surface area contributed by atoms with Crippen LogP contribution >= 0.6 is 23.8 Å². The average Bonchev–Trinajstić information content (AvgIpc) is 2.78. The fraction of sp³-hybridized carbons (Fsp3) is 0.462. The summed E-state index contributed by atoms with van der Waals surface area (Å²) in [5.74, 6) is 0. The van der Waals surface area contributed by atoms with Gasteiger partial charge in [0.15, 0.2) is 0 Å². The first-order valence-corrected chi connectivity index (χ1v) is 6.78. The van der Waals surface area contributed by atoms with Gasteiger partial charge >= 0.3 is 0 Å². The molecule has 0 aromatic heterocycles. The van der Waals surface area contributed by atoms with Crippen LogP contribution in [0.25, 0.3) is 0 Å². The fourth-order valence-corrected chi connectivity index (χ4v) is 2.73. The predicted octanol–water partition coefficient (Wildman–Crippen LogP) is 2.11. The SMILES string of the molecule is CN(C)C1CCN(c2ccc(C(N)=S)cc2Cl)C1. The molecule has 1 unspecified atom stereocenters. The van der Waals surface area contributed by atoms with Crippen LogP contribution < -0.4 is 10.6 Å². The molecule has 0 spiro atoms. The summed E-state index contributed by atoms with van der Waals surface area (Å²) < 4.78 is 0. The van der Waals surface area contributed by atoms with Gasteiger partial charge in [-0.3, -0.25) is 0 Å². The molecule has 2 rings (SSSR count). The number of rotatable bonds is 3. The van der Waals surface area contributed by atoms with Crippen LogP contribution in [-0.2, 0) is 0 Å². The van der Waals surface area contributed by atoms with Crippen molar-refractivity contribution in [3.05, 3.63) is 28.8 Å². The second kappa shape index (κ2) is 5.43. The second-order valence-electron chi connectivity index (χ2n) is 4.88. The van der Waals surface area contributed by atoms with E-state index in [1.807, 2.05) is 18.2 Å². The average molecular weight is 284 g/mol. The lowest BCUT2D eigenvalue weighted by atomic mass is 10.2. The zero-order valence-electron chi connectivity index (χ0n) is 10.7. The molecule has 1 aromatic carbocycles. The number of nitrogens with two attached hydrogens (primary N) is 1. The topological polar surface area (TPSA) is 32.5 Å². The molecule has 0 bridgehead atoms. The Hall–Kier alpha value is -0.840. The Balaban J connectivity index is 2.18. The van der Waals surface area contributed by atoms with E-state index in [-0.39, 0.29) is 0 Å². The minimum atomic E-state index is 0.385. The molecule has 3 nitrogen and oxygen atoms in total. The maximum atomic E-state index is 6.31. The lowest BCUT2D eigenvalue weighted by Crippen LogP contribution is -2.31. The minimum Gasteiger partial charge on any atom is -0.389 e. The molecule has 18 heavy (non-hydrogen) atoms. The number of benzene rings is 1. The highest BCUT2D eigenvalue weighted by Crippen LogP contribution is 2.30. The number of hydrogen-bond donors (Lipinski definition) is 1. The van der Waals surface area contributed by atoms with E-state index >= 15 is 0 Å². The van der Waals surface area contributed by atoms with Crippen molar-refractivity contribution in [2.45, 2.75) is 12.5 Å². The molecule has 1 fully saturated rings. The molecule has 1 aliphatic rings. The monoisotopic (exact) mass is 283 g/mol. The fourth-order valence-electron chi connectivity index (χ4n) is 2.30. The molecule has 1 atom stereocenters. The van der Waals surface area contributed by atoms with Crippen LogP contribution in [0.15, 0.2) is 18.2 Å². The lowest BCUT2D eigenvalue weighted by Gasteiger charge is -2.23. The highest BCUT2D eigenvalue weighted by molar-refractivity contribution is 7.80. The van der Waals surface area contributed by atoms with E-state index in [9.17, 15) is 0 Å². The zero-order chi connectivity index (χ0) is 13.3. The summed E-state index contributed by atoms with van der Waals surface area (Å²) in [5.41, 5.74) is 7.49. The second-order valence-corrected chi connectivity index (χ2v) is 5.73. The van der Waals surface area contributed by atoms with E-state index in [1.165, 1.54) is 6.42 Å². The molecule has 5 heteroatoms. The van der Waals surface area contributed by atoms with E-state index in [0.717, 1.165) is 29.4 Å². The number of hydrogen-bond acceptors (Lipinski definition) is 3. The third-order valence-electron chi connectivity index (χ3n) is 3.47. The van der Waals surface area contributed by atoms with Crippen LogP contribution in [-0.4, -0.2) is 43.1 Å². The number of thiocarbonyl (C=S) groups is 1. The highest BCUT2D eigenvalue weighted by atomic mass is 35.5. The smallest absolute Gasteiger partial charge is 0.104 e. The van der Waals surface area contributed by atoms with Gasteiger partial charge in [0.05, 0.1) is 10.7 Å². The molecule has 2 N–H and O–H groups in total. The molecule has 0 aliphatic carbocycles. The molecule has 0 saturated carbocycles. The summed E-state index contributed by atoms with van der Waals surface area (Å²) in [4.78, 5) is 4.96. The molecule has 1 aromatic rings. The van der Waals surface area contributed by atoms with E-state index < -0.39 is 0 Å². The van der Waals surface area contributed by atoms with Gasteiger partial charge in [0.25, 0.3) is 0 Å². The van der Waals surface area contributed by atoms with Crippen LogP contribution in [0.4, 0.5) is 5.69 Å². The Morgan fingerprint density at radius 2 is 2.22 bits per heavy atom. The van der Waals surface area contributed by atoms with E-state index in [0.29, 0.717) is 11.0 Å². The van der Waals surface area contributed by atoms with Gasteiger partial charge in [0.1, 0.15) is 4.99 Å². The summed E-state index contributed by atoms with van der Waals surface area (Å²) in [6, 6.07) is 6.39. The van der Waals surface area contributed by atoms with Crippen molar-refractivity contribution in [3.8, 4) is 0 Å². The predicted molar refractivity (Wildman–Crippen MR) is 81.6 cm³/mol. The van der Waals surface area contributed by atoms with Gasteiger partial charge < -0.3 is 15.5 Å². The molecule has 98 valence electrons. The normalized spacial score (nSPS) is 19.6. The van der Waals surface area contributed by atoms with Crippen LogP contribution in [0, 0.1) is 0 Å².